The monoisotopic (exact) mass is 372 g/mol. The largest absolute Gasteiger partial charge is 0.493 e. The Morgan fingerprint density at radius 1 is 1.08 bits per heavy atom. The third-order valence-corrected chi connectivity index (χ3v) is 5.45. The molecule has 2 aliphatic rings. The van der Waals surface area contributed by atoms with Gasteiger partial charge in [0.15, 0.2) is 0 Å². The first-order valence-corrected chi connectivity index (χ1v) is 9.02. The highest BCUT2D eigenvalue weighted by Crippen LogP contribution is 2.36. The molecule has 5 heteroatoms. The minimum Gasteiger partial charge on any atom is -0.493 e. The summed E-state index contributed by atoms with van der Waals surface area (Å²) in [6, 6.07) is 18.4. The quantitative estimate of drug-likeness (QED) is 0.899. The van der Waals surface area contributed by atoms with Crippen LogP contribution in [0.4, 0.5) is 0 Å². The zero-order chi connectivity index (χ0) is 17.2. The lowest BCUT2D eigenvalue weighted by atomic mass is 9.90. The summed E-state index contributed by atoms with van der Waals surface area (Å²) in [7, 11) is 0. The minimum atomic E-state index is 0. The van der Waals surface area contributed by atoms with Crippen LogP contribution in [0.1, 0.15) is 35.8 Å². The molecule has 2 heterocycles. The van der Waals surface area contributed by atoms with Crippen LogP contribution in [0.5, 0.6) is 5.75 Å². The molecule has 3 atom stereocenters. The van der Waals surface area contributed by atoms with Gasteiger partial charge in [-0.3, -0.25) is 4.79 Å². The SMILES string of the molecule is Cl.N[C@@H]1CN(C(=O)CC2CCOc3ccccc32)C[C@H]1c1ccccc1. The number of rotatable bonds is 3. The van der Waals surface area contributed by atoms with Crippen molar-refractivity contribution in [3.63, 3.8) is 0 Å². The Hall–Kier alpha value is -2.04. The lowest BCUT2D eigenvalue weighted by Gasteiger charge is -2.27. The van der Waals surface area contributed by atoms with Crippen LogP contribution < -0.4 is 10.5 Å². The van der Waals surface area contributed by atoms with Gasteiger partial charge in [0.05, 0.1) is 6.61 Å². The summed E-state index contributed by atoms with van der Waals surface area (Å²) in [6.45, 7) is 2.04. The lowest BCUT2D eigenvalue weighted by Crippen LogP contribution is -2.33. The summed E-state index contributed by atoms with van der Waals surface area (Å²) in [5, 5.41) is 0. The molecular weight excluding hydrogens is 348 g/mol. The molecule has 0 bridgehead atoms. The standard InChI is InChI=1S/C21H24N2O2.ClH/c22-19-14-23(13-18(19)15-6-2-1-3-7-15)21(24)12-16-10-11-25-20-9-5-4-8-17(16)20;/h1-9,16,18-19H,10-14,22H2;1H/t16?,18-,19+;/m0./s1. The van der Waals surface area contributed by atoms with E-state index in [-0.39, 0.29) is 36.2 Å². The predicted molar refractivity (Wildman–Crippen MR) is 105 cm³/mol. The number of amides is 1. The normalized spacial score (nSPS) is 24.3. The molecule has 1 fully saturated rings. The number of benzene rings is 2. The first-order chi connectivity index (χ1) is 12.2. The van der Waals surface area contributed by atoms with Crippen molar-refractivity contribution in [3.8, 4) is 5.75 Å². The van der Waals surface area contributed by atoms with E-state index in [1.165, 1.54) is 5.56 Å². The van der Waals surface area contributed by atoms with Crippen LogP contribution in [0.3, 0.4) is 0 Å². The Bertz CT molecular complexity index is 753. The van der Waals surface area contributed by atoms with Crippen molar-refractivity contribution in [1.29, 1.82) is 0 Å². The molecule has 2 aromatic carbocycles. The number of hydrogen-bond acceptors (Lipinski definition) is 3. The topological polar surface area (TPSA) is 55.6 Å². The van der Waals surface area contributed by atoms with E-state index >= 15 is 0 Å². The van der Waals surface area contributed by atoms with Crippen molar-refractivity contribution in [2.45, 2.75) is 30.7 Å². The van der Waals surface area contributed by atoms with Crippen LogP contribution in [0, 0.1) is 0 Å². The van der Waals surface area contributed by atoms with E-state index in [1.54, 1.807) is 0 Å². The summed E-state index contributed by atoms with van der Waals surface area (Å²) < 4.78 is 5.71. The number of nitrogens with two attached hydrogens (primary N) is 1. The van der Waals surface area contributed by atoms with Gasteiger partial charge in [-0.1, -0.05) is 48.5 Å². The predicted octanol–water partition coefficient (Wildman–Crippen LogP) is 3.32. The third-order valence-electron chi connectivity index (χ3n) is 5.45. The number of likely N-dealkylation sites (tertiary alicyclic amines) is 1. The van der Waals surface area contributed by atoms with Crippen molar-refractivity contribution >= 4 is 18.3 Å². The molecule has 0 saturated carbocycles. The first kappa shape index (κ1) is 18.7. The van der Waals surface area contributed by atoms with E-state index in [0.717, 1.165) is 24.3 Å². The number of carbonyl (C=O) groups excluding carboxylic acids is 1. The molecule has 4 rings (SSSR count). The molecule has 0 aromatic heterocycles. The molecule has 4 nitrogen and oxygen atoms in total. The van der Waals surface area contributed by atoms with E-state index < -0.39 is 0 Å². The van der Waals surface area contributed by atoms with Crippen molar-refractivity contribution in [1.82, 2.24) is 4.90 Å². The Labute approximate surface area is 160 Å². The minimum absolute atomic E-state index is 0. The third kappa shape index (κ3) is 3.71. The van der Waals surface area contributed by atoms with Gasteiger partial charge in [0.25, 0.3) is 0 Å². The lowest BCUT2D eigenvalue weighted by molar-refractivity contribution is -0.130. The van der Waals surface area contributed by atoms with E-state index in [9.17, 15) is 4.79 Å². The number of fused-ring (bicyclic) bond motifs is 1. The van der Waals surface area contributed by atoms with E-state index in [1.807, 2.05) is 41.3 Å². The molecule has 2 aliphatic heterocycles. The zero-order valence-electron chi connectivity index (χ0n) is 14.7. The fourth-order valence-electron chi connectivity index (χ4n) is 4.05. The summed E-state index contributed by atoms with van der Waals surface area (Å²) in [6.07, 6.45) is 1.43. The molecule has 138 valence electrons. The van der Waals surface area contributed by atoms with Crippen molar-refractivity contribution in [3.05, 3.63) is 65.7 Å². The Morgan fingerprint density at radius 3 is 2.62 bits per heavy atom. The average Bonchev–Trinajstić information content (AvgIpc) is 3.05. The molecule has 2 aromatic rings. The molecule has 0 spiro atoms. The number of carbonyl (C=O) groups is 1. The second-order valence-corrected chi connectivity index (χ2v) is 7.06. The summed E-state index contributed by atoms with van der Waals surface area (Å²) >= 11 is 0. The van der Waals surface area contributed by atoms with E-state index in [2.05, 4.69) is 18.2 Å². The average molecular weight is 373 g/mol. The first-order valence-electron chi connectivity index (χ1n) is 9.02. The second-order valence-electron chi connectivity index (χ2n) is 7.06. The van der Waals surface area contributed by atoms with Crippen molar-refractivity contribution in [2.75, 3.05) is 19.7 Å². The van der Waals surface area contributed by atoms with Gasteiger partial charge < -0.3 is 15.4 Å². The second kappa shape index (κ2) is 8.11. The van der Waals surface area contributed by atoms with Crippen LogP contribution >= 0.6 is 12.4 Å². The number of nitrogens with zero attached hydrogens (tertiary/aromatic N) is 1. The number of ether oxygens (including phenoxy) is 1. The Balaban J connectivity index is 0.00000196. The van der Waals surface area contributed by atoms with Crippen LogP contribution in [-0.4, -0.2) is 36.5 Å². The molecule has 0 radical (unpaired) electrons. The van der Waals surface area contributed by atoms with Gasteiger partial charge in [-0.2, -0.15) is 0 Å². The molecular formula is C21H25ClN2O2. The van der Waals surface area contributed by atoms with Crippen LogP contribution in [0.15, 0.2) is 54.6 Å². The molecule has 2 N–H and O–H groups in total. The molecule has 26 heavy (non-hydrogen) atoms. The highest BCUT2D eigenvalue weighted by Gasteiger charge is 2.35. The van der Waals surface area contributed by atoms with Crippen LogP contribution in [0.25, 0.3) is 0 Å². The van der Waals surface area contributed by atoms with Crippen LogP contribution in [-0.2, 0) is 4.79 Å². The van der Waals surface area contributed by atoms with Gasteiger partial charge in [-0.15, -0.1) is 12.4 Å². The maximum atomic E-state index is 12.9. The number of halogens is 1. The fourth-order valence-corrected chi connectivity index (χ4v) is 4.05. The van der Waals surface area contributed by atoms with Gasteiger partial charge in [0, 0.05) is 31.5 Å². The van der Waals surface area contributed by atoms with Crippen LogP contribution in [0.2, 0.25) is 0 Å². The maximum Gasteiger partial charge on any atom is 0.223 e. The molecule has 1 saturated heterocycles. The van der Waals surface area contributed by atoms with Gasteiger partial charge in [-0.05, 0) is 29.5 Å². The van der Waals surface area contributed by atoms with Crippen molar-refractivity contribution in [2.24, 2.45) is 5.73 Å². The van der Waals surface area contributed by atoms with E-state index in [0.29, 0.717) is 19.6 Å². The Morgan fingerprint density at radius 2 is 1.81 bits per heavy atom. The number of para-hydroxylation sites is 1. The number of hydrogen-bond donors (Lipinski definition) is 1. The smallest absolute Gasteiger partial charge is 0.223 e. The Kier molecular flexibility index (Phi) is 5.84. The molecule has 1 amide bonds. The maximum absolute atomic E-state index is 12.9. The molecule has 1 unspecified atom stereocenters. The van der Waals surface area contributed by atoms with Gasteiger partial charge in [-0.25, -0.2) is 0 Å². The molecule has 0 aliphatic carbocycles. The summed E-state index contributed by atoms with van der Waals surface area (Å²) in [5.74, 6) is 1.60. The van der Waals surface area contributed by atoms with E-state index in [4.69, 9.17) is 10.5 Å². The summed E-state index contributed by atoms with van der Waals surface area (Å²) in [4.78, 5) is 14.8. The highest BCUT2D eigenvalue weighted by atomic mass is 35.5. The fraction of sp³-hybridized carbons (Fsp3) is 0.381. The summed E-state index contributed by atoms with van der Waals surface area (Å²) in [5.41, 5.74) is 8.72. The highest BCUT2D eigenvalue weighted by molar-refractivity contribution is 5.85. The van der Waals surface area contributed by atoms with Gasteiger partial charge in [0.1, 0.15) is 5.75 Å². The zero-order valence-corrected chi connectivity index (χ0v) is 15.5. The van der Waals surface area contributed by atoms with Gasteiger partial charge >= 0.3 is 0 Å². The van der Waals surface area contributed by atoms with Crippen molar-refractivity contribution < 1.29 is 9.53 Å². The van der Waals surface area contributed by atoms with Gasteiger partial charge in [0.2, 0.25) is 5.91 Å².